The lowest BCUT2D eigenvalue weighted by atomic mass is 10.0. The van der Waals surface area contributed by atoms with Gasteiger partial charge in [0.1, 0.15) is 18.5 Å². The maximum atomic E-state index is 14.4. The number of amides is 1. The molecule has 0 radical (unpaired) electrons. The molecule has 0 spiro atoms. The van der Waals surface area contributed by atoms with Gasteiger partial charge in [-0.15, -0.1) is 5.10 Å². The zero-order chi connectivity index (χ0) is 21.4. The highest BCUT2D eigenvalue weighted by atomic mass is 19.3. The number of carbonyl (C=O) groups is 1. The van der Waals surface area contributed by atoms with E-state index in [-0.39, 0.29) is 12.2 Å². The van der Waals surface area contributed by atoms with E-state index in [1.807, 2.05) is 0 Å². The van der Waals surface area contributed by atoms with E-state index < -0.39 is 24.2 Å². The highest BCUT2D eigenvalue weighted by Gasteiger charge is 2.39. The summed E-state index contributed by atoms with van der Waals surface area (Å²) < 4.78 is 33.8. The van der Waals surface area contributed by atoms with Crippen LogP contribution in [0.3, 0.4) is 0 Å². The molecule has 2 atom stereocenters. The first-order valence-corrected chi connectivity index (χ1v) is 9.94. The summed E-state index contributed by atoms with van der Waals surface area (Å²) in [5, 5.41) is 23.6. The molecule has 10 heteroatoms. The van der Waals surface area contributed by atoms with Gasteiger partial charge in [0.2, 0.25) is 0 Å². The van der Waals surface area contributed by atoms with Gasteiger partial charge in [0.15, 0.2) is 0 Å². The van der Waals surface area contributed by atoms with E-state index >= 15 is 0 Å². The van der Waals surface area contributed by atoms with Crippen molar-refractivity contribution in [3.8, 4) is 0 Å². The molecule has 2 N–H and O–H groups in total. The number of tetrazole rings is 1. The number of unbranched alkanes of at least 4 members (excludes halogenated alkanes) is 3. The first kappa shape index (κ1) is 21.8. The van der Waals surface area contributed by atoms with Gasteiger partial charge in [-0.25, -0.2) is 9.89 Å². The van der Waals surface area contributed by atoms with Crippen molar-refractivity contribution in [1.82, 2.24) is 25.5 Å². The van der Waals surface area contributed by atoms with Crippen LogP contribution >= 0.6 is 0 Å². The second-order valence-electron chi connectivity index (χ2n) is 7.17. The average Bonchev–Trinajstić information content (AvgIpc) is 3.39. The van der Waals surface area contributed by atoms with Crippen LogP contribution in [-0.4, -0.2) is 62.0 Å². The average molecular weight is 421 g/mol. The number of ether oxygens (including phenoxy) is 1. The Morgan fingerprint density at radius 2 is 2.03 bits per heavy atom. The van der Waals surface area contributed by atoms with Gasteiger partial charge in [-0.1, -0.05) is 55.3 Å². The summed E-state index contributed by atoms with van der Waals surface area (Å²) in [5.74, 6) is -2.68. The number of aliphatic hydroxyl groups is 1. The monoisotopic (exact) mass is 421 g/mol. The van der Waals surface area contributed by atoms with Gasteiger partial charge < -0.3 is 9.84 Å². The number of benzene rings is 1. The molecule has 0 bridgehead atoms. The van der Waals surface area contributed by atoms with Crippen molar-refractivity contribution < 1.29 is 23.4 Å². The summed E-state index contributed by atoms with van der Waals surface area (Å²) >= 11 is 0. The van der Waals surface area contributed by atoms with Gasteiger partial charge in [-0.05, 0) is 23.3 Å². The lowest BCUT2D eigenvalue weighted by Crippen LogP contribution is -2.34. The number of nitrogens with zero attached hydrogens (tertiary/aromatic N) is 4. The third-order valence-electron chi connectivity index (χ3n) is 5.01. The molecule has 1 fully saturated rings. The largest absolute Gasteiger partial charge is 0.447 e. The van der Waals surface area contributed by atoms with Crippen LogP contribution in [-0.2, 0) is 17.1 Å². The molecule has 1 aromatic heterocycles. The molecule has 30 heavy (non-hydrogen) atoms. The minimum absolute atomic E-state index is 0.0808. The maximum Gasteiger partial charge on any atom is 0.410 e. The number of aryl methyl sites for hydroxylation is 1. The number of nitrogens with one attached hydrogen (secondary N) is 1. The van der Waals surface area contributed by atoms with Crippen LogP contribution < -0.4 is 0 Å². The van der Waals surface area contributed by atoms with Gasteiger partial charge in [0.25, 0.3) is 0 Å². The number of cyclic esters (lactones) is 1. The Labute approximate surface area is 172 Å². The standard InChI is InChI=1S/C20H25F2N5O3/c21-20(22,15-8-4-3-5-9-15)17(28)12-11-16-14-30-19(29)27(16)13-7-2-1-6-10-18-23-25-26-24-18/h3-5,8-9,11-12,16-17,28H,1-2,6-7,10,13-14H2,(H,23,24,25,26). The lowest BCUT2D eigenvalue weighted by molar-refractivity contribution is -0.0929. The Bertz CT molecular complexity index is 817. The van der Waals surface area contributed by atoms with Gasteiger partial charge in [-0.2, -0.15) is 8.78 Å². The van der Waals surface area contributed by atoms with Crippen molar-refractivity contribution in [2.24, 2.45) is 0 Å². The number of hydrogen-bond acceptors (Lipinski definition) is 6. The fourth-order valence-corrected chi connectivity index (χ4v) is 3.28. The molecule has 2 heterocycles. The molecule has 8 nitrogen and oxygen atoms in total. The molecule has 1 aliphatic rings. The lowest BCUT2D eigenvalue weighted by Gasteiger charge is -2.22. The van der Waals surface area contributed by atoms with E-state index in [4.69, 9.17) is 4.74 Å². The van der Waals surface area contributed by atoms with Crippen LogP contribution in [0.25, 0.3) is 0 Å². The number of hydrogen-bond donors (Lipinski definition) is 2. The molecule has 1 saturated heterocycles. The van der Waals surface area contributed by atoms with Crippen LogP contribution in [0.2, 0.25) is 0 Å². The topological polar surface area (TPSA) is 104 Å². The number of halogens is 2. The Hall–Kier alpha value is -2.88. The number of rotatable bonds is 11. The first-order chi connectivity index (χ1) is 14.5. The molecule has 0 aliphatic carbocycles. The Morgan fingerprint density at radius 1 is 1.27 bits per heavy atom. The third kappa shape index (κ3) is 5.59. The molecular weight excluding hydrogens is 396 g/mol. The number of carbonyl (C=O) groups excluding carboxylic acids is 1. The summed E-state index contributed by atoms with van der Waals surface area (Å²) in [7, 11) is 0. The molecule has 2 aromatic rings. The Balaban J connectivity index is 1.45. The van der Waals surface area contributed by atoms with E-state index in [2.05, 4.69) is 20.6 Å². The van der Waals surface area contributed by atoms with Crippen LogP contribution in [0.1, 0.15) is 37.1 Å². The van der Waals surface area contributed by atoms with Crippen molar-refractivity contribution in [3.63, 3.8) is 0 Å². The number of alkyl halides is 2. The predicted octanol–water partition coefficient (Wildman–Crippen LogP) is 2.83. The summed E-state index contributed by atoms with van der Waals surface area (Å²) in [5.41, 5.74) is -0.265. The molecular formula is C20H25F2N5O3. The molecule has 2 unspecified atom stereocenters. The maximum absolute atomic E-state index is 14.4. The van der Waals surface area contributed by atoms with Gasteiger partial charge >= 0.3 is 12.0 Å². The molecule has 3 rings (SSSR count). The molecule has 1 aliphatic heterocycles. The summed E-state index contributed by atoms with van der Waals surface area (Å²) in [6.07, 6.45) is 4.29. The van der Waals surface area contributed by atoms with Gasteiger partial charge in [0.05, 0.1) is 6.04 Å². The quantitative estimate of drug-likeness (QED) is 0.427. The normalized spacial score (nSPS) is 18.2. The second-order valence-corrected chi connectivity index (χ2v) is 7.17. The SMILES string of the molecule is O=C1OCC(C=CC(O)C(F)(F)c2ccccc2)N1CCCCCCc1nnn[nH]1. The number of aromatic amines is 1. The number of H-pyrrole nitrogens is 1. The van der Waals surface area contributed by atoms with Crippen molar-refractivity contribution >= 4 is 6.09 Å². The van der Waals surface area contributed by atoms with Crippen molar-refractivity contribution in [2.75, 3.05) is 13.2 Å². The molecule has 1 aromatic carbocycles. The van der Waals surface area contributed by atoms with E-state index in [0.29, 0.717) is 6.54 Å². The van der Waals surface area contributed by atoms with E-state index in [1.54, 1.807) is 6.07 Å². The summed E-state index contributed by atoms with van der Waals surface area (Å²) in [6.45, 7) is 0.542. The van der Waals surface area contributed by atoms with Gasteiger partial charge in [-0.3, -0.25) is 4.90 Å². The zero-order valence-electron chi connectivity index (χ0n) is 16.5. The second kappa shape index (κ2) is 10.2. The smallest absolute Gasteiger partial charge is 0.410 e. The summed E-state index contributed by atoms with van der Waals surface area (Å²) in [6, 6.07) is 6.68. The number of aromatic nitrogens is 4. The molecule has 0 saturated carbocycles. The molecule has 162 valence electrons. The van der Waals surface area contributed by atoms with Crippen LogP contribution in [0.15, 0.2) is 42.5 Å². The third-order valence-corrected chi connectivity index (χ3v) is 5.01. The predicted molar refractivity (Wildman–Crippen MR) is 104 cm³/mol. The van der Waals surface area contributed by atoms with Crippen LogP contribution in [0.4, 0.5) is 13.6 Å². The first-order valence-electron chi connectivity index (χ1n) is 9.94. The van der Waals surface area contributed by atoms with Crippen molar-refractivity contribution in [2.45, 2.75) is 50.2 Å². The fraction of sp³-hybridized carbons (Fsp3) is 0.500. The molecule has 1 amide bonds. The fourth-order valence-electron chi connectivity index (χ4n) is 3.28. The minimum Gasteiger partial charge on any atom is -0.447 e. The van der Waals surface area contributed by atoms with E-state index in [9.17, 15) is 18.7 Å². The van der Waals surface area contributed by atoms with E-state index in [1.165, 1.54) is 35.2 Å². The van der Waals surface area contributed by atoms with Crippen LogP contribution in [0.5, 0.6) is 0 Å². The Morgan fingerprint density at radius 3 is 2.77 bits per heavy atom. The van der Waals surface area contributed by atoms with Crippen molar-refractivity contribution in [1.29, 1.82) is 0 Å². The van der Waals surface area contributed by atoms with Crippen molar-refractivity contribution in [3.05, 3.63) is 53.9 Å². The zero-order valence-corrected chi connectivity index (χ0v) is 16.5. The minimum atomic E-state index is -3.43. The van der Waals surface area contributed by atoms with Crippen LogP contribution in [0, 0.1) is 0 Å². The summed E-state index contributed by atoms with van der Waals surface area (Å²) in [4.78, 5) is 13.5. The Kier molecular flexibility index (Phi) is 7.45. The van der Waals surface area contributed by atoms with Gasteiger partial charge in [0, 0.05) is 18.5 Å². The highest BCUT2D eigenvalue weighted by Crippen LogP contribution is 2.32. The number of aliphatic hydroxyl groups excluding tert-OH is 1. The highest BCUT2D eigenvalue weighted by molar-refractivity contribution is 5.70. The van der Waals surface area contributed by atoms with E-state index in [0.717, 1.165) is 44.0 Å².